The number of Topliss-reactive ketones (excluding diaryl/α,β-unsaturated/α-hetero) is 1. The SMILES string of the molecule is COC(=O)C(=CN(C)C)C(=O)C1CCC1. The zero-order valence-electron chi connectivity index (χ0n) is 9.45. The first kappa shape index (κ1) is 11.8. The van der Waals surface area contributed by atoms with Crippen LogP contribution in [0.2, 0.25) is 0 Å². The molecule has 1 saturated carbocycles. The van der Waals surface area contributed by atoms with Gasteiger partial charge in [0.2, 0.25) is 0 Å². The van der Waals surface area contributed by atoms with Gasteiger partial charge in [-0.05, 0) is 12.8 Å². The minimum absolute atomic E-state index is 0.0234. The second kappa shape index (κ2) is 4.96. The molecule has 0 saturated heterocycles. The van der Waals surface area contributed by atoms with E-state index in [1.807, 2.05) is 0 Å². The van der Waals surface area contributed by atoms with Crippen LogP contribution >= 0.6 is 0 Å². The summed E-state index contributed by atoms with van der Waals surface area (Å²) >= 11 is 0. The van der Waals surface area contributed by atoms with E-state index in [-0.39, 0.29) is 17.3 Å². The van der Waals surface area contributed by atoms with Gasteiger partial charge in [0.1, 0.15) is 5.57 Å². The van der Waals surface area contributed by atoms with Crippen molar-refractivity contribution in [3.8, 4) is 0 Å². The maximum Gasteiger partial charge on any atom is 0.342 e. The van der Waals surface area contributed by atoms with Crippen LogP contribution in [0.1, 0.15) is 19.3 Å². The van der Waals surface area contributed by atoms with E-state index in [1.165, 1.54) is 13.3 Å². The molecule has 0 aliphatic heterocycles. The topological polar surface area (TPSA) is 46.6 Å². The molecule has 0 aromatic rings. The van der Waals surface area contributed by atoms with Crippen LogP contribution in [-0.4, -0.2) is 37.9 Å². The molecule has 0 atom stereocenters. The largest absolute Gasteiger partial charge is 0.465 e. The third kappa shape index (κ3) is 2.81. The average Bonchev–Trinajstić information content (AvgIpc) is 2.09. The number of rotatable bonds is 4. The maximum atomic E-state index is 11.9. The van der Waals surface area contributed by atoms with E-state index in [0.29, 0.717) is 0 Å². The lowest BCUT2D eigenvalue weighted by Crippen LogP contribution is -2.28. The van der Waals surface area contributed by atoms with Gasteiger partial charge in [0.15, 0.2) is 5.78 Å². The van der Waals surface area contributed by atoms with Crippen LogP contribution in [0, 0.1) is 5.92 Å². The second-order valence-corrected chi connectivity index (χ2v) is 3.99. The Kier molecular flexibility index (Phi) is 3.88. The summed E-state index contributed by atoms with van der Waals surface area (Å²) in [5.41, 5.74) is 0.159. The third-order valence-electron chi connectivity index (χ3n) is 2.53. The Hall–Kier alpha value is -1.32. The molecular formula is C11H17NO3. The van der Waals surface area contributed by atoms with E-state index in [9.17, 15) is 9.59 Å². The van der Waals surface area contributed by atoms with Crippen LogP contribution in [0.15, 0.2) is 11.8 Å². The molecular weight excluding hydrogens is 194 g/mol. The quantitative estimate of drug-likeness (QED) is 0.301. The fourth-order valence-corrected chi connectivity index (χ4v) is 1.48. The van der Waals surface area contributed by atoms with Crippen molar-refractivity contribution >= 4 is 11.8 Å². The van der Waals surface area contributed by atoms with Crippen LogP contribution in [0.3, 0.4) is 0 Å². The van der Waals surface area contributed by atoms with Gasteiger partial charge in [0.05, 0.1) is 7.11 Å². The van der Waals surface area contributed by atoms with Crippen molar-refractivity contribution in [3.05, 3.63) is 11.8 Å². The smallest absolute Gasteiger partial charge is 0.342 e. The van der Waals surface area contributed by atoms with Crippen LogP contribution in [0.4, 0.5) is 0 Å². The van der Waals surface area contributed by atoms with Gasteiger partial charge >= 0.3 is 5.97 Å². The molecule has 4 heteroatoms. The molecule has 84 valence electrons. The zero-order valence-corrected chi connectivity index (χ0v) is 9.45. The zero-order chi connectivity index (χ0) is 11.4. The molecule has 15 heavy (non-hydrogen) atoms. The molecule has 0 aromatic carbocycles. The molecule has 0 amide bonds. The lowest BCUT2D eigenvalue weighted by atomic mass is 9.80. The maximum absolute atomic E-state index is 11.9. The number of carbonyl (C=O) groups is 2. The number of esters is 1. The number of ketones is 1. The highest BCUT2D eigenvalue weighted by atomic mass is 16.5. The molecule has 0 aromatic heterocycles. The second-order valence-electron chi connectivity index (χ2n) is 3.99. The van der Waals surface area contributed by atoms with E-state index in [4.69, 9.17) is 0 Å². The molecule has 0 radical (unpaired) electrons. The Morgan fingerprint density at radius 1 is 1.33 bits per heavy atom. The van der Waals surface area contributed by atoms with Gasteiger partial charge < -0.3 is 9.64 Å². The third-order valence-corrected chi connectivity index (χ3v) is 2.53. The van der Waals surface area contributed by atoms with Gasteiger partial charge in [-0.2, -0.15) is 0 Å². The van der Waals surface area contributed by atoms with Gasteiger partial charge in [-0.25, -0.2) is 4.79 Å². The lowest BCUT2D eigenvalue weighted by Gasteiger charge is -2.24. The number of nitrogens with zero attached hydrogens (tertiary/aromatic N) is 1. The van der Waals surface area contributed by atoms with Gasteiger partial charge in [0, 0.05) is 26.2 Å². The van der Waals surface area contributed by atoms with E-state index < -0.39 is 5.97 Å². The van der Waals surface area contributed by atoms with Gasteiger partial charge in [-0.1, -0.05) is 6.42 Å². The van der Waals surface area contributed by atoms with Crippen molar-refractivity contribution in [1.82, 2.24) is 4.90 Å². The first-order chi connectivity index (χ1) is 7.06. The summed E-state index contributed by atoms with van der Waals surface area (Å²) in [5.74, 6) is -0.599. The number of carbonyl (C=O) groups excluding carboxylic acids is 2. The van der Waals surface area contributed by atoms with E-state index >= 15 is 0 Å². The highest BCUT2D eigenvalue weighted by Gasteiger charge is 2.31. The summed E-state index contributed by atoms with van der Waals surface area (Å²) in [4.78, 5) is 24.9. The summed E-state index contributed by atoms with van der Waals surface area (Å²) in [6, 6.07) is 0. The molecule has 0 spiro atoms. The van der Waals surface area contributed by atoms with Gasteiger partial charge in [0.25, 0.3) is 0 Å². The summed E-state index contributed by atoms with van der Waals surface area (Å²) in [6.45, 7) is 0. The highest BCUT2D eigenvalue weighted by Crippen LogP contribution is 2.29. The first-order valence-electron chi connectivity index (χ1n) is 5.07. The molecule has 0 unspecified atom stereocenters. The molecule has 1 fully saturated rings. The van der Waals surface area contributed by atoms with Crippen molar-refractivity contribution < 1.29 is 14.3 Å². The fourth-order valence-electron chi connectivity index (χ4n) is 1.48. The van der Waals surface area contributed by atoms with Crippen LogP contribution in [0.5, 0.6) is 0 Å². The Morgan fingerprint density at radius 2 is 1.93 bits per heavy atom. The first-order valence-corrected chi connectivity index (χ1v) is 5.07. The van der Waals surface area contributed by atoms with E-state index in [2.05, 4.69) is 4.74 Å². The molecule has 0 heterocycles. The summed E-state index contributed by atoms with van der Waals surface area (Å²) in [5, 5.41) is 0. The van der Waals surface area contributed by atoms with Crippen molar-refractivity contribution in [3.63, 3.8) is 0 Å². The number of methoxy groups -OCH3 is 1. The Balaban J connectivity index is 2.79. The average molecular weight is 211 g/mol. The number of ether oxygens (including phenoxy) is 1. The normalized spacial score (nSPS) is 16.9. The minimum Gasteiger partial charge on any atom is -0.465 e. The van der Waals surface area contributed by atoms with Crippen LogP contribution < -0.4 is 0 Å². The van der Waals surface area contributed by atoms with Crippen molar-refractivity contribution in [1.29, 1.82) is 0 Å². The standard InChI is InChI=1S/C11H17NO3/c1-12(2)7-9(11(14)15-3)10(13)8-5-4-6-8/h7-8H,4-6H2,1-3H3. The van der Waals surface area contributed by atoms with Crippen molar-refractivity contribution in [2.75, 3.05) is 21.2 Å². The van der Waals surface area contributed by atoms with Crippen LogP contribution in [-0.2, 0) is 14.3 Å². The predicted molar refractivity (Wildman–Crippen MR) is 56.1 cm³/mol. The Morgan fingerprint density at radius 3 is 2.27 bits per heavy atom. The fraction of sp³-hybridized carbons (Fsp3) is 0.636. The lowest BCUT2D eigenvalue weighted by molar-refractivity contribution is -0.138. The molecule has 4 nitrogen and oxygen atoms in total. The van der Waals surface area contributed by atoms with Gasteiger partial charge in [-0.15, -0.1) is 0 Å². The number of hydrogen-bond acceptors (Lipinski definition) is 4. The number of hydrogen-bond donors (Lipinski definition) is 0. The Labute approximate surface area is 89.9 Å². The minimum atomic E-state index is -0.541. The highest BCUT2D eigenvalue weighted by molar-refractivity contribution is 6.18. The van der Waals surface area contributed by atoms with E-state index in [1.54, 1.807) is 19.0 Å². The summed E-state index contributed by atoms with van der Waals surface area (Å²) < 4.78 is 4.60. The van der Waals surface area contributed by atoms with Crippen molar-refractivity contribution in [2.24, 2.45) is 5.92 Å². The predicted octanol–water partition coefficient (Wildman–Crippen LogP) is 0.974. The molecule has 1 aliphatic rings. The van der Waals surface area contributed by atoms with E-state index in [0.717, 1.165) is 19.3 Å². The Bertz CT molecular complexity index is 290. The summed E-state index contributed by atoms with van der Waals surface area (Å²) in [7, 11) is 4.84. The molecule has 1 rings (SSSR count). The molecule has 0 N–H and O–H groups in total. The molecule has 0 bridgehead atoms. The van der Waals surface area contributed by atoms with Gasteiger partial charge in [-0.3, -0.25) is 4.79 Å². The molecule has 1 aliphatic carbocycles. The summed E-state index contributed by atoms with van der Waals surface area (Å²) in [6.07, 6.45) is 4.39. The monoisotopic (exact) mass is 211 g/mol. The van der Waals surface area contributed by atoms with Crippen molar-refractivity contribution in [2.45, 2.75) is 19.3 Å². The van der Waals surface area contributed by atoms with Crippen LogP contribution in [0.25, 0.3) is 0 Å².